The van der Waals surface area contributed by atoms with E-state index in [0.717, 1.165) is 16.9 Å². The van der Waals surface area contributed by atoms with Crippen LogP contribution in [0.15, 0.2) is 73.3 Å². The van der Waals surface area contributed by atoms with Gasteiger partial charge >= 0.3 is 0 Å². The molecule has 24 heavy (non-hydrogen) atoms. The summed E-state index contributed by atoms with van der Waals surface area (Å²) in [6, 6.07) is 15.5. The number of hydrogen-bond donors (Lipinski definition) is 0. The van der Waals surface area contributed by atoms with E-state index in [-0.39, 0.29) is 5.78 Å². The molecule has 0 aliphatic rings. The van der Waals surface area contributed by atoms with E-state index in [1.807, 2.05) is 84.4 Å². The first-order chi connectivity index (χ1) is 11.6. The second-order valence-electron chi connectivity index (χ2n) is 5.70. The van der Waals surface area contributed by atoms with Crippen LogP contribution in [0.2, 0.25) is 0 Å². The van der Waals surface area contributed by atoms with Gasteiger partial charge in [-0.1, -0.05) is 18.2 Å². The molecule has 2 aromatic carbocycles. The molecule has 0 saturated carbocycles. The third-order valence-electron chi connectivity index (χ3n) is 3.79. The first-order valence-electron chi connectivity index (χ1n) is 7.72. The molecular formula is C20H19N3O. The van der Waals surface area contributed by atoms with E-state index < -0.39 is 0 Å². The molecule has 3 rings (SSSR count). The Labute approximate surface area is 141 Å². The summed E-state index contributed by atoms with van der Waals surface area (Å²) in [5.41, 5.74) is 3.78. The van der Waals surface area contributed by atoms with Gasteiger partial charge in [-0.25, -0.2) is 4.98 Å². The molecule has 0 spiro atoms. The number of imidazole rings is 1. The molecule has 1 heterocycles. The lowest BCUT2D eigenvalue weighted by atomic mass is 10.1. The molecular weight excluding hydrogens is 298 g/mol. The highest BCUT2D eigenvalue weighted by Gasteiger charge is 2.03. The van der Waals surface area contributed by atoms with Crippen molar-refractivity contribution in [3.63, 3.8) is 0 Å². The maximum Gasteiger partial charge on any atom is 0.185 e. The van der Waals surface area contributed by atoms with Crippen LogP contribution in [0.1, 0.15) is 15.9 Å². The maximum atomic E-state index is 12.3. The van der Waals surface area contributed by atoms with E-state index in [9.17, 15) is 4.79 Å². The first-order valence-corrected chi connectivity index (χ1v) is 7.72. The molecule has 3 aromatic rings. The van der Waals surface area contributed by atoms with Crippen molar-refractivity contribution >= 4 is 17.5 Å². The number of carbonyl (C=O) groups excluding carboxylic acids is 1. The molecule has 0 unspecified atom stereocenters. The Morgan fingerprint density at radius 2 is 1.75 bits per heavy atom. The molecule has 120 valence electrons. The molecule has 4 heteroatoms. The Morgan fingerprint density at radius 3 is 2.33 bits per heavy atom. The molecule has 0 radical (unpaired) electrons. The number of allylic oxidation sites excluding steroid dienone is 1. The molecule has 0 aliphatic heterocycles. The average molecular weight is 317 g/mol. The van der Waals surface area contributed by atoms with Gasteiger partial charge in [0.05, 0.1) is 6.33 Å². The first kappa shape index (κ1) is 15.7. The summed E-state index contributed by atoms with van der Waals surface area (Å²) in [6.07, 6.45) is 8.77. The topological polar surface area (TPSA) is 38.1 Å². The molecule has 0 saturated heterocycles. The Kier molecular flexibility index (Phi) is 4.57. The Morgan fingerprint density at radius 1 is 1.04 bits per heavy atom. The van der Waals surface area contributed by atoms with Gasteiger partial charge < -0.3 is 9.47 Å². The van der Waals surface area contributed by atoms with Gasteiger partial charge in [0.15, 0.2) is 5.78 Å². The smallest absolute Gasteiger partial charge is 0.185 e. The van der Waals surface area contributed by atoms with Gasteiger partial charge in [0.1, 0.15) is 0 Å². The normalized spacial score (nSPS) is 10.9. The van der Waals surface area contributed by atoms with Gasteiger partial charge in [0.2, 0.25) is 0 Å². The highest BCUT2D eigenvalue weighted by Crippen LogP contribution is 2.14. The summed E-state index contributed by atoms with van der Waals surface area (Å²) < 4.78 is 1.90. The predicted molar refractivity (Wildman–Crippen MR) is 97.7 cm³/mol. The van der Waals surface area contributed by atoms with Gasteiger partial charge in [-0.3, -0.25) is 4.79 Å². The van der Waals surface area contributed by atoms with E-state index in [0.29, 0.717) is 5.56 Å². The van der Waals surface area contributed by atoms with Gasteiger partial charge in [-0.2, -0.15) is 0 Å². The van der Waals surface area contributed by atoms with Crippen LogP contribution < -0.4 is 4.90 Å². The molecule has 0 fully saturated rings. The summed E-state index contributed by atoms with van der Waals surface area (Å²) in [7, 11) is 4.00. The predicted octanol–water partition coefficient (Wildman–Crippen LogP) is 3.83. The van der Waals surface area contributed by atoms with Crippen LogP contribution in [0.3, 0.4) is 0 Å². The van der Waals surface area contributed by atoms with Crippen LogP contribution in [0, 0.1) is 0 Å². The standard InChI is InChI=1S/C20H19N3O/c1-22(2)18-8-3-16(4-9-18)5-12-20(24)17-6-10-19(11-7-17)23-14-13-21-15-23/h3-15H,1-2H3/b12-5+. The van der Waals surface area contributed by atoms with Crippen molar-refractivity contribution in [2.24, 2.45) is 0 Å². The maximum absolute atomic E-state index is 12.3. The third kappa shape index (κ3) is 3.60. The van der Waals surface area contributed by atoms with E-state index >= 15 is 0 Å². The van der Waals surface area contributed by atoms with Crippen LogP contribution >= 0.6 is 0 Å². The fourth-order valence-corrected chi connectivity index (χ4v) is 2.36. The molecule has 4 nitrogen and oxygen atoms in total. The third-order valence-corrected chi connectivity index (χ3v) is 3.79. The number of anilines is 1. The number of nitrogens with zero attached hydrogens (tertiary/aromatic N) is 3. The summed E-state index contributed by atoms with van der Waals surface area (Å²) in [4.78, 5) is 18.3. The lowest BCUT2D eigenvalue weighted by Gasteiger charge is -2.11. The van der Waals surface area contributed by atoms with Crippen molar-refractivity contribution in [1.29, 1.82) is 0 Å². The number of rotatable bonds is 5. The minimum absolute atomic E-state index is 0.0103. The molecule has 0 aliphatic carbocycles. The van der Waals surface area contributed by atoms with Crippen LogP contribution in [0.5, 0.6) is 0 Å². The van der Waals surface area contributed by atoms with Crippen molar-refractivity contribution in [3.8, 4) is 5.69 Å². The zero-order valence-corrected chi connectivity index (χ0v) is 13.8. The van der Waals surface area contributed by atoms with Crippen LogP contribution in [-0.4, -0.2) is 29.4 Å². The summed E-state index contributed by atoms with van der Waals surface area (Å²) in [5.74, 6) is -0.0103. The highest BCUT2D eigenvalue weighted by atomic mass is 16.1. The van der Waals surface area contributed by atoms with Crippen molar-refractivity contribution in [2.45, 2.75) is 0 Å². The van der Waals surface area contributed by atoms with E-state index in [1.54, 1.807) is 18.6 Å². The summed E-state index contributed by atoms with van der Waals surface area (Å²) in [6.45, 7) is 0. The van der Waals surface area contributed by atoms with Gasteiger partial charge in [0.25, 0.3) is 0 Å². The summed E-state index contributed by atoms with van der Waals surface area (Å²) >= 11 is 0. The average Bonchev–Trinajstić information content (AvgIpc) is 3.15. The van der Waals surface area contributed by atoms with Crippen LogP contribution in [-0.2, 0) is 0 Å². The van der Waals surface area contributed by atoms with E-state index in [4.69, 9.17) is 0 Å². The zero-order chi connectivity index (χ0) is 16.9. The fraction of sp³-hybridized carbons (Fsp3) is 0.100. The Hall–Kier alpha value is -3.14. The Balaban J connectivity index is 1.70. The number of hydrogen-bond acceptors (Lipinski definition) is 3. The van der Waals surface area contributed by atoms with Gasteiger partial charge in [-0.15, -0.1) is 0 Å². The van der Waals surface area contributed by atoms with Gasteiger partial charge in [0, 0.05) is 43.4 Å². The monoisotopic (exact) mass is 317 g/mol. The lowest BCUT2D eigenvalue weighted by molar-refractivity contribution is 0.104. The van der Waals surface area contributed by atoms with Gasteiger partial charge in [-0.05, 0) is 48.0 Å². The van der Waals surface area contributed by atoms with Crippen molar-refractivity contribution < 1.29 is 4.79 Å². The minimum atomic E-state index is -0.0103. The second-order valence-corrected chi connectivity index (χ2v) is 5.70. The molecule has 0 bridgehead atoms. The van der Waals surface area contributed by atoms with Crippen molar-refractivity contribution in [1.82, 2.24) is 9.55 Å². The van der Waals surface area contributed by atoms with E-state index in [2.05, 4.69) is 4.98 Å². The Bertz CT molecular complexity index is 830. The SMILES string of the molecule is CN(C)c1ccc(/C=C/C(=O)c2ccc(-n3ccnc3)cc2)cc1. The van der Waals surface area contributed by atoms with E-state index in [1.165, 1.54) is 0 Å². The second kappa shape index (κ2) is 6.96. The van der Waals surface area contributed by atoms with Crippen LogP contribution in [0.25, 0.3) is 11.8 Å². The fourth-order valence-electron chi connectivity index (χ4n) is 2.36. The number of aromatic nitrogens is 2. The largest absolute Gasteiger partial charge is 0.378 e. The minimum Gasteiger partial charge on any atom is -0.378 e. The highest BCUT2D eigenvalue weighted by molar-refractivity contribution is 6.06. The van der Waals surface area contributed by atoms with Crippen molar-refractivity contribution in [2.75, 3.05) is 19.0 Å². The zero-order valence-electron chi connectivity index (χ0n) is 13.8. The lowest BCUT2D eigenvalue weighted by Crippen LogP contribution is -2.07. The number of ketones is 1. The summed E-state index contributed by atoms with van der Waals surface area (Å²) in [5, 5.41) is 0. The quantitative estimate of drug-likeness (QED) is 0.530. The molecule has 1 aromatic heterocycles. The molecule has 0 N–H and O–H groups in total. The van der Waals surface area contributed by atoms with Crippen molar-refractivity contribution in [3.05, 3.63) is 84.5 Å². The number of benzene rings is 2. The molecule has 0 atom stereocenters. The molecule has 0 amide bonds. The number of carbonyl (C=O) groups is 1. The van der Waals surface area contributed by atoms with Crippen LogP contribution in [0.4, 0.5) is 5.69 Å².